The van der Waals surface area contributed by atoms with Gasteiger partial charge < -0.3 is 15.5 Å². The summed E-state index contributed by atoms with van der Waals surface area (Å²) in [5, 5.41) is 0. The van der Waals surface area contributed by atoms with Gasteiger partial charge in [0.15, 0.2) is 0 Å². The molecule has 25 heavy (non-hydrogen) atoms. The maximum absolute atomic E-state index is 13.0. The zero-order chi connectivity index (χ0) is 18.0. The third-order valence-electron chi connectivity index (χ3n) is 4.73. The maximum Gasteiger partial charge on any atom is 0.258 e. The van der Waals surface area contributed by atoms with Gasteiger partial charge in [0.1, 0.15) is 0 Å². The molecule has 0 unspecified atom stereocenters. The van der Waals surface area contributed by atoms with E-state index in [1.165, 1.54) is 0 Å². The van der Waals surface area contributed by atoms with Crippen molar-refractivity contribution in [2.45, 2.75) is 26.7 Å². The fourth-order valence-electron chi connectivity index (χ4n) is 3.53. The molecule has 132 valence electrons. The van der Waals surface area contributed by atoms with E-state index >= 15 is 0 Å². The molecule has 1 heterocycles. The highest BCUT2D eigenvalue weighted by atomic mass is 16.2. The first-order chi connectivity index (χ1) is 12.0. The SMILES string of the molecule is CC(C)CN(C)c1ccc(C(=O)N2CCCc3c(N)cccc32)cc1. The lowest BCUT2D eigenvalue weighted by Crippen LogP contribution is -2.35. The Bertz CT molecular complexity index is 752. The normalized spacial score (nSPS) is 13.7. The van der Waals surface area contributed by atoms with E-state index < -0.39 is 0 Å². The number of nitrogen functional groups attached to an aromatic ring is 1. The second-order valence-electron chi connectivity index (χ2n) is 7.23. The number of carbonyl (C=O) groups is 1. The molecule has 4 heteroatoms. The van der Waals surface area contributed by atoms with Gasteiger partial charge in [0.2, 0.25) is 0 Å². The first-order valence-corrected chi connectivity index (χ1v) is 8.98. The molecule has 0 saturated heterocycles. The van der Waals surface area contributed by atoms with Crippen molar-refractivity contribution < 1.29 is 4.79 Å². The quantitative estimate of drug-likeness (QED) is 0.859. The van der Waals surface area contributed by atoms with Crippen molar-refractivity contribution in [1.82, 2.24) is 0 Å². The predicted molar refractivity (Wildman–Crippen MR) is 105 cm³/mol. The number of anilines is 3. The number of benzene rings is 2. The van der Waals surface area contributed by atoms with Crippen LogP contribution in [0.4, 0.5) is 17.1 Å². The highest BCUT2D eigenvalue weighted by molar-refractivity contribution is 6.07. The van der Waals surface area contributed by atoms with Gasteiger partial charge in [0, 0.05) is 42.8 Å². The van der Waals surface area contributed by atoms with Gasteiger partial charge >= 0.3 is 0 Å². The van der Waals surface area contributed by atoms with Crippen LogP contribution in [0.2, 0.25) is 0 Å². The standard InChI is InChI=1S/C21H27N3O/c1-15(2)14-23(3)17-11-9-16(10-12-17)21(25)24-13-5-6-18-19(22)7-4-8-20(18)24/h4,7-12,15H,5-6,13-14,22H2,1-3H3. The number of nitrogens with zero attached hydrogens (tertiary/aromatic N) is 2. The largest absolute Gasteiger partial charge is 0.398 e. The summed E-state index contributed by atoms with van der Waals surface area (Å²) in [5.41, 5.74) is 10.8. The molecular formula is C21H27N3O. The van der Waals surface area contributed by atoms with Crippen LogP contribution in [-0.2, 0) is 6.42 Å². The van der Waals surface area contributed by atoms with E-state index in [4.69, 9.17) is 5.73 Å². The number of hydrogen-bond acceptors (Lipinski definition) is 3. The zero-order valence-corrected chi connectivity index (χ0v) is 15.3. The fraction of sp³-hybridized carbons (Fsp3) is 0.381. The number of fused-ring (bicyclic) bond motifs is 1. The lowest BCUT2D eigenvalue weighted by Gasteiger charge is -2.30. The number of rotatable bonds is 4. The Hall–Kier alpha value is -2.49. The smallest absolute Gasteiger partial charge is 0.258 e. The van der Waals surface area contributed by atoms with E-state index in [2.05, 4.69) is 25.8 Å². The summed E-state index contributed by atoms with van der Waals surface area (Å²) >= 11 is 0. The van der Waals surface area contributed by atoms with Crippen molar-refractivity contribution >= 4 is 23.0 Å². The van der Waals surface area contributed by atoms with Crippen molar-refractivity contribution in [3.63, 3.8) is 0 Å². The summed E-state index contributed by atoms with van der Waals surface area (Å²) in [6.07, 6.45) is 1.88. The third kappa shape index (κ3) is 3.63. The predicted octanol–water partition coefficient (Wildman–Crippen LogP) is 3.95. The number of carbonyl (C=O) groups excluding carboxylic acids is 1. The van der Waals surface area contributed by atoms with Crippen molar-refractivity contribution in [3.8, 4) is 0 Å². The lowest BCUT2D eigenvalue weighted by atomic mass is 9.99. The van der Waals surface area contributed by atoms with Crippen LogP contribution in [0.25, 0.3) is 0 Å². The van der Waals surface area contributed by atoms with E-state index in [0.717, 1.165) is 54.1 Å². The van der Waals surface area contributed by atoms with Gasteiger partial charge in [-0.2, -0.15) is 0 Å². The van der Waals surface area contributed by atoms with Gasteiger partial charge in [0.25, 0.3) is 5.91 Å². The van der Waals surface area contributed by atoms with Gasteiger partial charge in [-0.15, -0.1) is 0 Å². The van der Waals surface area contributed by atoms with Gasteiger partial charge in [-0.3, -0.25) is 4.79 Å². The summed E-state index contributed by atoms with van der Waals surface area (Å²) in [5.74, 6) is 0.645. The van der Waals surface area contributed by atoms with Gasteiger partial charge in [-0.1, -0.05) is 19.9 Å². The van der Waals surface area contributed by atoms with Crippen LogP contribution in [0.5, 0.6) is 0 Å². The van der Waals surface area contributed by atoms with Crippen molar-refractivity contribution in [2.24, 2.45) is 5.92 Å². The van der Waals surface area contributed by atoms with Crippen LogP contribution in [0, 0.1) is 5.92 Å². The lowest BCUT2D eigenvalue weighted by molar-refractivity contribution is 0.0985. The molecule has 0 atom stereocenters. The molecule has 4 nitrogen and oxygen atoms in total. The Labute approximate surface area is 150 Å². The van der Waals surface area contributed by atoms with Crippen LogP contribution < -0.4 is 15.5 Å². The zero-order valence-electron chi connectivity index (χ0n) is 15.3. The van der Waals surface area contributed by atoms with Gasteiger partial charge in [0.05, 0.1) is 0 Å². The van der Waals surface area contributed by atoms with Crippen molar-refractivity contribution in [2.75, 3.05) is 35.7 Å². The average molecular weight is 337 g/mol. The van der Waals surface area contributed by atoms with Crippen LogP contribution in [0.15, 0.2) is 42.5 Å². The molecule has 1 amide bonds. The van der Waals surface area contributed by atoms with E-state index in [1.807, 2.05) is 47.4 Å². The average Bonchev–Trinajstić information content (AvgIpc) is 2.60. The Balaban J connectivity index is 1.82. The minimum atomic E-state index is 0.0459. The molecule has 0 aromatic heterocycles. The van der Waals surface area contributed by atoms with E-state index in [-0.39, 0.29) is 5.91 Å². The maximum atomic E-state index is 13.0. The molecule has 0 fully saturated rings. The second-order valence-corrected chi connectivity index (χ2v) is 7.23. The molecule has 0 radical (unpaired) electrons. The van der Waals surface area contributed by atoms with Gasteiger partial charge in [-0.05, 0) is 60.7 Å². The van der Waals surface area contributed by atoms with Crippen LogP contribution in [0.3, 0.4) is 0 Å². The second kappa shape index (κ2) is 7.18. The van der Waals surface area contributed by atoms with E-state index in [0.29, 0.717) is 5.92 Å². The molecule has 1 aliphatic heterocycles. The molecular weight excluding hydrogens is 310 g/mol. The highest BCUT2D eigenvalue weighted by Gasteiger charge is 2.24. The molecule has 0 saturated carbocycles. The molecule has 1 aliphatic rings. The Morgan fingerprint density at radius 1 is 1.20 bits per heavy atom. The molecule has 2 aromatic carbocycles. The molecule has 0 spiro atoms. The van der Waals surface area contributed by atoms with Crippen molar-refractivity contribution in [1.29, 1.82) is 0 Å². The number of amides is 1. The third-order valence-corrected chi connectivity index (χ3v) is 4.73. The molecule has 2 N–H and O–H groups in total. The molecule has 0 bridgehead atoms. The van der Waals surface area contributed by atoms with Crippen molar-refractivity contribution in [3.05, 3.63) is 53.6 Å². The minimum Gasteiger partial charge on any atom is -0.398 e. The van der Waals surface area contributed by atoms with E-state index in [9.17, 15) is 4.79 Å². The topological polar surface area (TPSA) is 49.6 Å². The molecule has 3 rings (SSSR count). The highest BCUT2D eigenvalue weighted by Crippen LogP contribution is 2.32. The summed E-state index contributed by atoms with van der Waals surface area (Å²) < 4.78 is 0. The monoisotopic (exact) mass is 337 g/mol. The van der Waals surface area contributed by atoms with Crippen LogP contribution in [-0.4, -0.2) is 26.0 Å². The Morgan fingerprint density at radius 3 is 2.60 bits per heavy atom. The first-order valence-electron chi connectivity index (χ1n) is 8.98. The number of hydrogen-bond donors (Lipinski definition) is 1. The van der Waals surface area contributed by atoms with E-state index in [1.54, 1.807) is 0 Å². The summed E-state index contributed by atoms with van der Waals surface area (Å²) in [4.78, 5) is 17.1. The molecule has 0 aliphatic carbocycles. The summed E-state index contributed by atoms with van der Waals surface area (Å²) in [6.45, 7) is 6.14. The summed E-state index contributed by atoms with van der Waals surface area (Å²) in [6, 6.07) is 13.7. The number of nitrogens with two attached hydrogens (primary N) is 1. The van der Waals surface area contributed by atoms with Crippen LogP contribution in [0.1, 0.15) is 36.2 Å². The summed E-state index contributed by atoms with van der Waals surface area (Å²) in [7, 11) is 2.08. The van der Waals surface area contributed by atoms with Crippen LogP contribution >= 0.6 is 0 Å². The molecule has 2 aromatic rings. The Morgan fingerprint density at radius 2 is 1.92 bits per heavy atom. The Kier molecular flexibility index (Phi) is 4.98. The minimum absolute atomic E-state index is 0.0459. The fourth-order valence-corrected chi connectivity index (χ4v) is 3.53. The first kappa shape index (κ1) is 17.3. The van der Waals surface area contributed by atoms with Gasteiger partial charge in [-0.25, -0.2) is 0 Å².